The van der Waals surface area contributed by atoms with Crippen molar-refractivity contribution in [3.8, 4) is 5.69 Å². The number of aromatic nitrogens is 5. The summed E-state index contributed by atoms with van der Waals surface area (Å²) in [5.74, 6) is -3.86. The second-order valence-electron chi connectivity index (χ2n) is 19.0. The number of amides is 3. The number of likely N-dealkylation sites (tertiary alicyclic amines) is 2. The highest BCUT2D eigenvalue weighted by molar-refractivity contribution is 6.01. The van der Waals surface area contributed by atoms with Crippen molar-refractivity contribution in [2.24, 2.45) is 7.05 Å². The van der Waals surface area contributed by atoms with Crippen LogP contribution in [0.2, 0.25) is 0 Å². The van der Waals surface area contributed by atoms with Crippen molar-refractivity contribution in [2.45, 2.75) is 89.0 Å². The molecule has 8 heterocycles. The van der Waals surface area contributed by atoms with Gasteiger partial charge in [-0.15, -0.1) is 0 Å². The molecule has 2 aromatic carbocycles. The number of carbonyl (C=O) groups excluding carboxylic acids is 3. The number of piperidine rings is 3. The number of aryl methyl sites for hydroxylation is 1. The fraction of sp³-hybridized carbons (Fsp3) is 0.412. The van der Waals surface area contributed by atoms with Gasteiger partial charge in [-0.1, -0.05) is 6.07 Å². The zero-order chi connectivity index (χ0) is 49.0. The van der Waals surface area contributed by atoms with Crippen molar-refractivity contribution >= 4 is 40.1 Å². The van der Waals surface area contributed by atoms with Crippen LogP contribution in [0.25, 0.3) is 16.7 Å². The Hall–Kier alpha value is -6.86. The van der Waals surface area contributed by atoms with Crippen molar-refractivity contribution in [2.75, 3.05) is 50.4 Å². The van der Waals surface area contributed by atoms with Gasteiger partial charge in [-0.25, -0.2) is 22.5 Å². The van der Waals surface area contributed by atoms with Crippen molar-refractivity contribution in [1.82, 2.24) is 43.9 Å². The van der Waals surface area contributed by atoms with Gasteiger partial charge >= 0.3 is 0 Å². The van der Waals surface area contributed by atoms with E-state index in [2.05, 4.69) is 37.7 Å². The molecule has 4 aliphatic heterocycles. The Morgan fingerprint density at radius 3 is 2.30 bits per heavy atom. The number of rotatable bonds is 11. The molecule has 0 aliphatic carbocycles. The highest BCUT2D eigenvalue weighted by Crippen LogP contribution is 2.38. The fourth-order valence-electron chi connectivity index (χ4n) is 11.0. The van der Waals surface area contributed by atoms with E-state index < -0.39 is 40.9 Å². The summed E-state index contributed by atoms with van der Waals surface area (Å²) in [5.41, 5.74) is 4.55. The molecule has 0 saturated carbocycles. The van der Waals surface area contributed by atoms with Crippen molar-refractivity contribution in [3.05, 3.63) is 134 Å². The lowest BCUT2D eigenvalue weighted by Gasteiger charge is -2.36. The number of nitrogens with zero attached hydrogens (tertiary/aromatic N) is 8. The van der Waals surface area contributed by atoms with E-state index in [1.165, 1.54) is 35.0 Å². The monoisotopic (exact) mass is 961 g/mol. The summed E-state index contributed by atoms with van der Waals surface area (Å²) in [6, 6.07) is 13.4. The number of pyridine rings is 2. The molecule has 3 fully saturated rings. The molecule has 4 aliphatic rings. The maximum absolute atomic E-state index is 16.0. The van der Waals surface area contributed by atoms with Gasteiger partial charge in [-0.2, -0.15) is 5.10 Å². The molecule has 0 bridgehead atoms. The zero-order valence-electron chi connectivity index (χ0n) is 39.3. The SMILES string of the molecule is CNc1cc(=O)n(-c2ccnc3c2cc(C(C)N2CCC(c4c(F)cc(C(=O)N5CCn6nc(CN7CCC(c8ccc(NC9CCC(=O)NC9=O)cc8F)CC7)cc6C5)cc4F)CC2)n3C)cc1F. The van der Waals surface area contributed by atoms with Gasteiger partial charge in [0, 0.05) is 79.8 Å². The number of anilines is 2. The lowest BCUT2D eigenvalue weighted by atomic mass is 9.87. The third kappa shape index (κ3) is 9.07. The summed E-state index contributed by atoms with van der Waals surface area (Å²) in [7, 11) is 3.44. The van der Waals surface area contributed by atoms with Gasteiger partial charge in [0.15, 0.2) is 5.82 Å². The van der Waals surface area contributed by atoms with E-state index in [4.69, 9.17) is 5.10 Å². The number of halogens is 4. The van der Waals surface area contributed by atoms with Gasteiger partial charge in [-0.05, 0) is 125 Å². The Morgan fingerprint density at radius 1 is 0.843 bits per heavy atom. The Balaban J connectivity index is 0.729. The summed E-state index contributed by atoms with van der Waals surface area (Å²) in [4.78, 5) is 61.1. The summed E-state index contributed by atoms with van der Waals surface area (Å²) in [6.07, 6.45) is 5.86. The van der Waals surface area contributed by atoms with Crippen molar-refractivity contribution in [1.29, 1.82) is 0 Å². The van der Waals surface area contributed by atoms with Gasteiger partial charge in [-0.3, -0.25) is 43.5 Å². The molecular formula is C51H55F4N11O4. The second kappa shape index (κ2) is 19.1. The quantitative estimate of drug-likeness (QED) is 0.0944. The zero-order valence-corrected chi connectivity index (χ0v) is 39.3. The van der Waals surface area contributed by atoms with Gasteiger partial charge in [0.1, 0.15) is 29.1 Å². The first-order valence-electron chi connectivity index (χ1n) is 24.0. The molecule has 10 rings (SSSR count). The van der Waals surface area contributed by atoms with E-state index in [0.29, 0.717) is 80.0 Å². The normalized spacial score (nSPS) is 19.1. The lowest BCUT2D eigenvalue weighted by molar-refractivity contribution is -0.133. The average molecular weight is 962 g/mol. The van der Waals surface area contributed by atoms with Gasteiger partial charge < -0.3 is 20.1 Å². The molecule has 2 unspecified atom stereocenters. The molecule has 3 N–H and O–H groups in total. The number of fused-ring (bicyclic) bond motifs is 2. The number of hydrogen-bond acceptors (Lipinski definition) is 10. The number of imide groups is 1. The molecule has 3 amide bonds. The Morgan fingerprint density at radius 2 is 1.59 bits per heavy atom. The van der Waals surface area contributed by atoms with Crippen molar-refractivity contribution in [3.63, 3.8) is 0 Å². The molecular weight excluding hydrogens is 907 g/mol. The van der Waals surface area contributed by atoms with E-state index in [1.54, 1.807) is 36.3 Å². The molecule has 0 spiro atoms. The van der Waals surface area contributed by atoms with E-state index in [0.717, 1.165) is 43.0 Å². The summed E-state index contributed by atoms with van der Waals surface area (Å²) < 4.78 is 67.1. The molecule has 0 radical (unpaired) electrons. The Bertz CT molecular complexity index is 3060. The number of benzene rings is 2. The van der Waals surface area contributed by atoms with E-state index in [-0.39, 0.29) is 59.4 Å². The topological polar surface area (TPSA) is 155 Å². The van der Waals surface area contributed by atoms with Crippen LogP contribution in [-0.2, 0) is 36.3 Å². The Kier molecular flexibility index (Phi) is 12.8. The van der Waals surface area contributed by atoms with Gasteiger partial charge in [0.25, 0.3) is 11.5 Å². The van der Waals surface area contributed by atoms with Crippen LogP contribution in [0.5, 0.6) is 0 Å². The van der Waals surface area contributed by atoms with Crippen LogP contribution in [0.4, 0.5) is 28.9 Å². The minimum absolute atomic E-state index is 0.00275. The molecule has 19 heteroatoms. The molecule has 6 aromatic rings. The predicted octanol–water partition coefficient (Wildman–Crippen LogP) is 6.71. The fourth-order valence-corrected chi connectivity index (χ4v) is 11.0. The highest BCUT2D eigenvalue weighted by atomic mass is 19.1. The third-order valence-corrected chi connectivity index (χ3v) is 14.8. The lowest BCUT2D eigenvalue weighted by Crippen LogP contribution is -2.47. The first-order valence-corrected chi connectivity index (χ1v) is 24.0. The van der Waals surface area contributed by atoms with Crippen LogP contribution in [0.3, 0.4) is 0 Å². The summed E-state index contributed by atoms with van der Waals surface area (Å²) in [5, 5.41) is 13.5. The van der Waals surface area contributed by atoms with Crippen LogP contribution >= 0.6 is 0 Å². The molecule has 15 nitrogen and oxygen atoms in total. The maximum Gasteiger partial charge on any atom is 0.257 e. The van der Waals surface area contributed by atoms with Gasteiger partial charge in [0.05, 0.1) is 42.0 Å². The van der Waals surface area contributed by atoms with Crippen LogP contribution < -0.4 is 21.5 Å². The predicted molar refractivity (Wildman–Crippen MR) is 255 cm³/mol. The Labute approximate surface area is 401 Å². The van der Waals surface area contributed by atoms with E-state index in [1.807, 2.05) is 28.4 Å². The molecule has 366 valence electrons. The number of hydrogen-bond donors (Lipinski definition) is 3. The third-order valence-electron chi connectivity index (χ3n) is 14.8. The first-order chi connectivity index (χ1) is 33.7. The minimum atomic E-state index is -0.730. The van der Waals surface area contributed by atoms with E-state index in [9.17, 15) is 23.6 Å². The number of nitrogens with one attached hydrogen (secondary N) is 3. The second-order valence-corrected chi connectivity index (χ2v) is 19.0. The summed E-state index contributed by atoms with van der Waals surface area (Å²) in [6.45, 7) is 6.29. The largest absolute Gasteiger partial charge is 0.386 e. The van der Waals surface area contributed by atoms with Crippen LogP contribution in [0.15, 0.2) is 71.8 Å². The molecule has 2 atom stereocenters. The molecule has 70 heavy (non-hydrogen) atoms. The average Bonchev–Trinajstić information content (AvgIpc) is 3.92. The van der Waals surface area contributed by atoms with Crippen LogP contribution in [0.1, 0.15) is 102 Å². The minimum Gasteiger partial charge on any atom is -0.386 e. The maximum atomic E-state index is 16.0. The smallest absolute Gasteiger partial charge is 0.257 e. The first kappa shape index (κ1) is 46.8. The van der Waals surface area contributed by atoms with Crippen molar-refractivity contribution < 1.29 is 31.9 Å². The standard InChI is InChI=1S/C51H55F4N11O4/c1-29(45-24-37-44(8-13-57-49(37)61(45)3)65-28-41(55)43(56-2)25-47(65)68)63-16-11-31(12-17-63)48-39(53)20-32(21-40(48)54)51(70)64-18-19-66-35(27-64)22-34(60-66)26-62-14-9-30(10-15-62)36-5-4-33(23-38(36)52)58-42-6-7-46(67)59-50(42)69/h4-5,8,13,20-25,28-31,42,56,58H,6-7,9-12,14-19,26-27H2,1-3H3,(H,59,67,69). The van der Waals surface area contributed by atoms with Crippen LogP contribution in [-0.4, -0.2) is 102 Å². The highest BCUT2D eigenvalue weighted by Gasteiger charge is 2.33. The molecule has 3 saturated heterocycles. The van der Waals surface area contributed by atoms with Gasteiger partial charge in [0.2, 0.25) is 11.8 Å². The van der Waals surface area contributed by atoms with E-state index >= 15 is 13.2 Å². The summed E-state index contributed by atoms with van der Waals surface area (Å²) >= 11 is 0. The molecule has 4 aromatic heterocycles. The number of carbonyl (C=O) groups is 3. The van der Waals surface area contributed by atoms with Crippen LogP contribution in [0, 0.1) is 23.3 Å².